The fraction of sp³-hybridized carbons (Fsp3) is 1.00. The van der Waals surface area contributed by atoms with Gasteiger partial charge >= 0.3 is 0 Å². The zero-order chi connectivity index (χ0) is 67.1. The van der Waals surface area contributed by atoms with Gasteiger partial charge in [-0.3, -0.25) is 0 Å². The van der Waals surface area contributed by atoms with Gasteiger partial charge in [0.2, 0.25) is 0 Å². The Hall–Kier alpha value is -1.28. The Morgan fingerprint density at radius 2 is 0.117 bits per heavy atom. The molecular weight excluding hydrogens is 1260 g/mol. The van der Waals surface area contributed by atoms with E-state index in [1.165, 1.54) is 0 Å². The first-order valence-electron chi connectivity index (χ1n) is 33.5. The molecule has 0 fully saturated rings. The normalized spacial score (nSPS) is 11.8. The van der Waals surface area contributed by atoms with E-state index < -0.39 is 0 Å². The molecule has 0 atom stereocenters. The van der Waals surface area contributed by atoms with Gasteiger partial charge in [-0.05, 0) is 0 Å². The van der Waals surface area contributed by atoms with Crippen molar-refractivity contribution in [3.05, 3.63) is 0 Å². The summed E-state index contributed by atoms with van der Waals surface area (Å²) in [5.74, 6) is 0. The molecule has 0 aromatic carbocycles. The number of rotatable bonds is 91. The van der Waals surface area contributed by atoms with E-state index in [0.717, 1.165) is 0 Å². The number of hydrogen-bond donors (Lipinski definition) is 2. The minimum Gasteiger partial charge on any atom is -0.394 e. The van der Waals surface area contributed by atoms with Crippen molar-refractivity contribution in [1.29, 1.82) is 0 Å². The highest BCUT2D eigenvalue weighted by Crippen LogP contribution is 1.93. The SMILES string of the molecule is OCCOCCOCCOCCOCCOCCOCCOCCOCCOCCOCCOCCOCCOCCOCCOCCOCCOCCOCCOCCOCCOCCOCCOCCOCCOCCOCCOCCOCCOCCOCCO. The van der Waals surface area contributed by atoms with Crippen molar-refractivity contribution in [3.8, 4) is 0 Å². The molecule has 0 aromatic heterocycles. The maximum atomic E-state index is 8.62. The van der Waals surface area contributed by atoms with Crippen LogP contribution in [-0.2, 0) is 142 Å². The lowest BCUT2D eigenvalue weighted by molar-refractivity contribution is -0.0325. The van der Waals surface area contributed by atoms with E-state index >= 15 is 0 Å². The van der Waals surface area contributed by atoms with Gasteiger partial charge < -0.3 is 152 Å². The molecule has 0 aliphatic heterocycles. The molecule has 566 valence electrons. The average molecular weight is 1380 g/mol. The predicted molar refractivity (Wildman–Crippen MR) is 339 cm³/mol. The van der Waals surface area contributed by atoms with Crippen LogP contribution in [0.25, 0.3) is 0 Å². The van der Waals surface area contributed by atoms with E-state index in [1.807, 2.05) is 0 Å². The molecule has 0 heterocycles. The summed E-state index contributed by atoms with van der Waals surface area (Å²) < 4.78 is 164. The van der Waals surface area contributed by atoms with E-state index in [0.29, 0.717) is 396 Å². The van der Waals surface area contributed by atoms with Gasteiger partial charge in [0.1, 0.15) is 0 Å². The van der Waals surface area contributed by atoms with Crippen LogP contribution in [0.15, 0.2) is 0 Å². The molecule has 0 amide bonds. The summed E-state index contributed by atoms with van der Waals surface area (Å²) in [6, 6.07) is 0. The minimum absolute atomic E-state index is 0.0162. The molecule has 32 nitrogen and oxygen atoms in total. The lowest BCUT2D eigenvalue weighted by atomic mass is 10.6. The van der Waals surface area contributed by atoms with Gasteiger partial charge in [-0.2, -0.15) is 0 Å². The molecule has 0 radical (unpaired) electrons. The van der Waals surface area contributed by atoms with Gasteiger partial charge in [0.25, 0.3) is 0 Å². The van der Waals surface area contributed by atoms with Crippen molar-refractivity contribution < 1.29 is 152 Å². The third-order valence-corrected chi connectivity index (χ3v) is 11.3. The van der Waals surface area contributed by atoms with Crippen molar-refractivity contribution in [3.63, 3.8) is 0 Å². The number of hydrogen-bond acceptors (Lipinski definition) is 32. The zero-order valence-electron chi connectivity index (χ0n) is 57.0. The summed E-state index contributed by atoms with van der Waals surface area (Å²) in [5, 5.41) is 17.2. The molecular formula is C62H126O32. The highest BCUT2D eigenvalue weighted by molar-refractivity contribution is 4.44. The van der Waals surface area contributed by atoms with E-state index in [1.54, 1.807) is 0 Å². The maximum Gasteiger partial charge on any atom is 0.0701 e. The van der Waals surface area contributed by atoms with Crippen LogP contribution in [0.3, 0.4) is 0 Å². The summed E-state index contributed by atoms with van der Waals surface area (Å²) in [7, 11) is 0. The zero-order valence-corrected chi connectivity index (χ0v) is 57.0. The summed E-state index contributed by atoms with van der Waals surface area (Å²) >= 11 is 0. The predicted octanol–water partition coefficient (Wildman–Crippen LogP) is -0.531. The second-order valence-electron chi connectivity index (χ2n) is 18.8. The molecule has 2 N–H and O–H groups in total. The second kappa shape index (κ2) is 91.7. The Morgan fingerprint density at radius 3 is 0.160 bits per heavy atom. The van der Waals surface area contributed by atoms with Crippen molar-refractivity contribution in [2.75, 3.05) is 410 Å². The Balaban J connectivity index is 3.09. The molecule has 0 rings (SSSR count). The quantitative estimate of drug-likeness (QED) is 0.0723. The molecule has 94 heavy (non-hydrogen) atoms. The Kier molecular flexibility index (Phi) is 90.5. The Bertz CT molecular complexity index is 1200. The molecule has 0 spiro atoms. The van der Waals surface area contributed by atoms with Gasteiger partial charge in [-0.1, -0.05) is 0 Å². The molecule has 0 saturated heterocycles. The minimum atomic E-state index is 0.0162. The standard InChI is InChI=1S/C62H126O32/c63-1-3-65-5-7-67-9-11-69-13-15-71-17-19-73-21-23-75-25-27-77-29-31-79-33-35-81-37-39-83-41-43-85-45-47-87-49-51-89-53-55-91-57-59-93-61-62-94-60-58-92-56-54-90-52-50-88-48-46-86-44-42-84-40-38-82-36-34-80-32-30-78-28-26-76-24-22-74-20-18-72-16-14-70-12-10-68-8-6-66-4-2-64/h63-64H,1-62H2. The summed E-state index contributed by atoms with van der Waals surface area (Å²) in [6.07, 6.45) is 0. The smallest absolute Gasteiger partial charge is 0.0701 e. The van der Waals surface area contributed by atoms with Crippen LogP contribution in [0.1, 0.15) is 0 Å². The number of ether oxygens (including phenoxy) is 30. The first-order valence-corrected chi connectivity index (χ1v) is 33.5. The second-order valence-corrected chi connectivity index (χ2v) is 18.8. The fourth-order valence-electron chi connectivity index (χ4n) is 6.61. The maximum absolute atomic E-state index is 8.62. The highest BCUT2D eigenvalue weighted by Gasteiger charge is 2.02. The van der Waals surface area contributed by atoms with E-state index in [4.69, 9.17) is 152 Å². The lowest BCUT2D eigenvalue weighted by Gasteiger charge is -2.09. The van der Waals surface area contributed by atoms with Crippen LogP contribution in [-0.4, -0.2) is 420 Å². The number of aliphatic hydroxyl groups is 2. The van der Waals surface area contributed by atoms with Crippen LogP contribution >= 0.6 is 0 Å². The molecule has 0 saturated carbocycles. The van der Waals surface area contributed by atoms with Gasteiger partial charge in [0, 0.05) is 0 Å². The van der Waals surface area contributed by atoms with Crippen LogP contribution in [0.4, 0.5) is 0 Å². The van der Waals surface area contributed by atoms with Gasteiger partial charge in [0.05, 0.1) is 410 Å². The summed E-state index contributed by atoms with van der Waals surface area (Å²) in [5.41, 5.74) is 0. The van der Waals surface area contributed by atoms with Crippen LogP contribution < -0.4 is 0 Å². The first-order chi connectivity index (χ1) is 46.9. The van der Waals surface area contributed by atoms with Crippen molar-refractivity contribution in [2.24, 2.45) is 0 Å². The molecule has 0 aromatic rings. The molecule has 32 heteroatoms. The monoisotopic (exact) mass is 1380 g/mol. The third kappa shape index (κ3) is 90.7. The van der Waals surface area contributed by atoms with Gasteiger partial charge in [-0.15, -0.1) is 0 Å². The van der Waals surface area contributed by atoms with Crippen molar-refractivity contribution >= 4 is 0 Å². The van der Waals surface area contributed by atoms with Crippen LogP contribution in [0.5, 0.6) is 0 Å². The van der Waals surface area contributed by atoms with E-state index in [2.05, 4.69) is 0 Å². The topological polar surface area (TPSA) is 317 Å². The Labute approximate surface area is 560 Å². The van der Waals surface area contributed by atoms with E-state index in [-0.39, 0.29) is 13.2 Å². The van der Waals surface area contributed by atoms with E-state index in [9.17, 15) is 0 Å². The summed E-state index contributed by atoms with van der Waals surface area (Å²) in [4.78, 5) is 0. The van der Waals surface area contributed by atoms with Crippen molar-refractivity contribution in [2.45, 2.75) is 0 Å². The first kappa shape index (κ1) is 92.7. The molecule has 0 aliphatic rings. The Morgan fingerprint density at radius 1 is 0.0745 bits per heavy atom. The number of aliphatic hydroxyl groups excluding tert-OH is 2. The summed E-state index contributed by atoms with van der Waals surface area (Å²) in [6.45, 7) is 28.7. The van der Waals surface area contributed by atoms with Crippen molar-refractivity contribution in [1.82, 2.24) is 0 Å². The van der Waals surface area contributed by atoms with Crippen LogP contribution in [0.2, 0.25) is 0 Å². The highest BCUT2D eigenvalue weighted by atomic mass is 16.6. The van der Waals surface area contributed by atoms with Gasteiger partial charge in [0.15, 0.2) is 0 Å². The lowest BCUT2D eigenvalue weighted by Crippen LogP contribution is -2.16. The molecule has 0 aliphatic carbocycles. The van der Waals surface area contributed by atoms with Gasteiger partial charge in [-0.25, -0.2) is 0 Å². The molecule has 0 unspecified atom stereocenters. The largest absolute Gasteiger partial charge is 0.394 e. The van der Waals surface area contributed by atoms with Crippen LogP contribution in [0, 0.1) is 0 Å². The third-order valence-electron chi connectivity index (χ3n) is 11.3. The fourth-order valence-corrected chi connectivity index (χ4v) is 6.61. The average Bonchev–Trinajstić information content (AvgIpc) is 3.59. The molecule has 0 bridgehead atoms.